The Morgan fingerprint density at radius 3 is 2.42 bits per heavy atom. The highest BCUT2D eigenvalue weighted by Gasteiger charge is 2.35. The highest BCUT2D eigenvalue weighted by atomic mass is 32.2. The third-order valence-electron chi connectivity index (χ3n) is 2.53. The number of hydrogen-bond donors (Lipinski definition) is 1. The van der Waals surface area contributed by atoms with Crippen LogP contribution < -0.4 is 5.73 Å². The van der Waals surface area contributed by atoms with Gasteiger partial charge in [0.1, 0.15) is 10.8 Å². The van der Waals surface area contributed by atoms with Gasteiger partial charge < -0.3 is 10.6 Å². The van der Waals surface area contributed by atoms with E-state index in [0.717, 1.165) is 19.6 Å². The average molecular weight is 294 g/mol. The van der Waals surface area contributed by atoms with Crippen molar-refractivity contribution in [2.75, 3.05) is 31.1 Å². The fraction of sp³-hybridized carbons (Fsp3) is 0.636. The Balaban J connectivity index is 2.66. The maximum absolute atomic E-state index is 12.5. The lowest BCUT2D eigenvalue weighted by Gasteiger charge is -2.17. The monoisotopic (exact) mass is 294 g/mol. The molecule has 0 aliphatic carbocycles. The third kappa shape index (κ3) is 5.23. The van der Waals surface area contributed by atoms with E-state index < -0.39 is 12.0 Å². The van der Waals surface area contributed by atoms with Gasteiger partial charge in [-0.05, 0) is 13.1 Å². The second-order valence-electron chi connectivity index (χ2n) is 3.83. The molecule has 108 valence electrons. The van der Waals surface area contributed by atoms with E-state index in [4.69, 9.17) is 5.73 Å². The summed E-state index contributed by atoms with van der Waals surface area (Å²) in [6.07, 6.45) is -4.57. The Bertz CT molecular complexity index is 407. The molecule has 0 unspecified atom stereocenters. The maximum Gasteiger partial charge on any atom is 0.451 e. The van der Waals surface area contributed by atoms with Gasteiger partial charge in [0.05, 0.1) is 0 Å². The number of nitrogens with two attached hydrogens (primary N) is 1. The Morgan fingerprint density at radius 1 is 1.26 bits per heavy atom. The molecule has 0 atom stereocenters. The summed E-state index contributed by atoms with van der Waals surface area (Å²) < 4.78 is 37.5. The van der Waals surface area contributed by atoms with E-state index in [0.29, 0.717) is 5.75 Å². The van der Waals surface area contributed by atoms with Gasteiger partial charge in [-0.15, -0.1) is 11.8 Å². The van der Waals surface area contributed by atoms with Crippen LogP contribution in [0, 0.1) is 0 Å². The number of alkyl halides is 3. The molecule has 1 aromatic rings. The van der Waals surface area contributed by atoms with Crippen molar-refractivity contribution in [2.24, 2.45) is 0 Å². The number of rotatable bonds is 6. The van der Waals surface area contributed by atoms with Gasteiger partial charge in [0.15, 0.2) is 0 Å². The summed E-state index contributed by atoms with van der Waals surface area (Å²) in [5, 5.41) is 0.256. The largest absolute Gasteiger partial charge is 0.451 e. The summed E-state index contributed by atoms with van der Waals surface area (Å²) in [7, 11) is 0. The molecule has 0 fully saturated rings. The Labute approximate surface area is 114 Å². The minimum absolute atomic E-state index is 0.160. The maximum atomic E-state index is 12.5. The summed E-state index contributed by atoms with van der Waals surface area (Å²) >= 11 is 1.25. The van der Waals surface area contributed by atoms with Crippen molar-refractivity contribution < 1.29 is 13.2 Å². The van der Waals surface area contributed by atoms with Crippen molar-refractivity contribution in [3.63, 3.8) is 0 Å². The van der Waals surface area contributed by atoms with Crippen molar-refractivity contribution in [3.8, 4) is 0 Å². The number of aromatic nitrogens is 2. The zero-order valence-corrected chi connectivity index (χ0v) is 11.7. The van der Waals surface area contributed by atoms with Crippen LogP contribution in [0.5, 0.6) is 0 Å². The van der Waals surface area contributed by atoms with E-state index in [1.54, 1.807) is 0 Å². The van der Waals surface area contributed by atoms with E-state index in [-0.39, 0.29) is 10.8 Å². The van der Waals surface area contributed by atoms with Gasteiger partial charge in [-0.25, -0.2) is 9.97 Å². The van der Waals surface area contributed by atoms with Crippen molar-refractivity contribution in [3.05, 3.63) is 11.9 Å². The third-order valence-corrected chi connectivity index (χ3v) is 3.42. The van der Waals surface area contributed by atoms with E-state index in [1.807, 2.05) is 13.8 Å². The molecule has 0 radical (unpaired) electrons. The van der Waals surface area contributed by atoms with Crippen LogP contribution in [0.4, 0.5) is 19.0 Å². The molecular weight excluding hydrogens is 277 g/mol. The summed E-state index contributed by atoms with van der Waals surface area (Å²) in [4.78, 5) is 8.86. The molecule has 0 spiro atoms. The zero-order chi connectivity index (χ0) is 14.5. The molecule has 4 nitrogen and oxygen atoms in total. The van der Waals surface area contributed by atoms with Gasteiger partial charge in [-0.2, -0.15) is 13.2 Å². The van der Waals surface area contributed by atoms with Gasteiger partial charge >= 0.3 is 6.18 Å². The Hall–Kier alpha value is -1.02. The number of halogens is 3. The molecule has 0 saturated carbocycles. The molecule has 0 saturated heterocycles. The zero-order valence-electron chi connectivity index (χ0n) is 10.9. The van der Waals surface area contributed by atoms with Gasteiger partial charge in [0, 0.05) is 18.4 Å². The summed E-state index contributed by atoms with van der Waals surface area (Å²) in [5.74, 6) is -0.680. The first kappa shape index (κ1) is 16.0. The SMILES string of the molecule is CCN(CC)CCSc1cc(N)nc(C(F)(F)F)n1. The minimum Gasteiger partial charge on any atom is -0.384 e. The van der Waals surface area contributed by atoms with Crippen LogP contribution in [-0.4, -0.2) is 40.3 Å². The number of nitrogens with zero attached hydrogens (tertiary/aromatic N) is 3. The molecule has 0 aromatic carbocycles. The molecule has 2 N–H and O–H groups in total. The van der Waals surface area contributed by atoms with Crippen LogP contribution in [-0.2, 0) is 6.18 Å². The van der Waals surface area contributed by atoms with Gasteiger partial charge in [-0.3, -0.25) is 0 Å². The number of nitrogen functional groups attached to an aromatic ring is 1. The van der Waals surface area contributed by atoms with E-state index >= 15 is 0 Å². The second kappa shape index (κ2) is 6.95. The van der Waals surface area contributed by atoms with Crippen LogP contribution in [0.25, 0.3) is 0 Å². The molecule has 0 bridgehead atoms. The quantitative estimate of drug-likeness (QED) is 0.645. The van der Waals surface area contributed by atoms with E-state index in [1.165, 1.54) is 17.8 Å². The lowest BCUT2D eigenvalue weighted by atomic mass is 10.5. The lowest BCUT2D eigenvalue weighted by molar-refractivity contribution is -0.145. The van der Waals surface area contributed by atoms with Crippen molar-refractivity contribution in [2.45, 2.75) is 25.0 Å². The predicted molar refractivity (Wildman–Crippen MR) is 70.0 cm³/mol. The lowest BCUT2D eigenvalue weighted by Crippen LogP contribution is -2.25. The van der Waals surface area contributed by atoms with Crippen LogP contribution in [0.2, 0.25) is 0 Å². The van der Waals surface area contributed by atoms with Crippen molar-refractivity contribution >= 4 is 17.6 Å². The normalized spacial score (nSPS) is 12.1. The van der Waals surface area contributed by atoms with Crippen LogP contribution in [0.1, 0.15) is 19.7 Å². The molecule has 0 aliphatic heterocycles. The topological polar surface area (TPSA) is 55.0 Å². The Morgan fingerprint density at radius 2 is 1.89 bits per heavy atom. The fourth-order valence-corrected chi connectivity index (χ4v) is 2.38. The first-order valence-corrected chi connectivity index (χ1v) is 6.92. The van der Waals surface area contributed by atoms with E-state index in [9.17, 15) is 13.2 Å². The second-order valence-corrected chi connectivity index (χ2v) is 4.94. The van der Waals surface area contributed by atoms with Crippen LogP contribution in [0.15, 0.2) is 11.1 Å². The van der Waals surface area contributed by atoms with Crippen molar-refractivity contribution in [1.29, 1.82) is 0 Å². The number of hydrogen-bond acceptors (Lipinski definition) is 5. The summed E-state index contributed by atoms with van der Waals surface area (Å²) in [6, 6.07) is 1.36. The molecule has 19 heavy (non-hydrogen) atoms. The fourth-order valence-electron chi connectivity index (χ4n) is 1.46. The highest BCUT2D eigenvalue weighted by Crippen LogP contribution is 2.28. The molecule has 8 heteroatoms. The minimum atomic E-state index is -4.57. The summed E-state index contributed by atoms with van der Waals surface area (Å²) in [5.41, 5.74) is 5.37. The number of thioether (sulfide) groups is 1. The first-order valence-electron chi connectivity index (χ1n) is 5.93. The smallest absolute Gasteiger partial charge is 0.384 e. The Kier molecular flexibility index (Phi) is 5.86. The summed E-state index contributed by atoms with van der Waals surface area (Å²) in [6.45, 7) is 6.70. The number of anilines is 1. The molecular formula is C11H17F3N4S. The van der Waals surface area contributed by atoms with Gasteiger partial charge in [-0.1, -0.05) is 13.8 Å². The van der Waals surface area contributed by atoms with Gasteiger partial charge in [0.2, 0.25) is 5.82 Å². The van der Waals surface area contributed by atoms with E-state index in [2.05, 4.69) is 14.9 Å². The van der Waals surface area contributed by atoms with Crippen molar-refractivity contribution in [1.82, 2.24) is 14.9 Å². The molecule has 1 rings (SSSR count). The van der Waals surface area contributed by atoms with Crippen LogP contribution in [0.3, 0.4) is 0 Å². The molecule has 0 amide bonds. The average Bonchev–Trinajstić information content (AvgIpc) is 2.33. The first-order chi connectivity index (χ1) is 8.86. The molecule has 1 heterocycles. The molecule has 0 aliphatic rings. The molecule has 1 aromatic heterocycles. The van der Waals surface area contributed by atoms with Gasteiger partial charge in [0.25, 0.3) is 0 Å². The van der Waals surface area contributed by atoms with Crippen LogP contribution >= 0.6 is 11.8 Å². The standard InChI is InChI=1S/C11H17F3N4S/c1-3-18(4-2)5-6-19-9-7-8(15)16-10(17-9)11(12,13)14/h7H,3-6H2,1-2H3,(H2,15,16,17). The predicted octanol–water partition coefficient (Wildman–Crippen LogP) is 2.51. The highest BCUT2D eigenvalue weighted by molar-refractivity contribution is 7.99.